The van der Waals surface area contributed by atoms with Gasteiger partial charge in [0.25, 0.3) is 5.91 Å². The number of hydrogen-bond acceptors (Lipinski definition) is 5. The molecule has 2 heterocycles. The van der Waals surface area contributed by atoms with Crippen LogP contribution < -0.4 is 15.4 Å². The van der Waals surface area contributed by atoms with Gasteiger partial charge in [0.15, 0.2) is 0 Å². The summed E-state index contributed by atoms with van der Waals surface area (Å²) in [6.07, 6.45) is 4.52. The summed E-state index contributed by atoms with van der Waals surface area (Å²) >= 11 is 0. The molecule has 3 atom stereocenters. The van der Waals surface area contributed by atoms with Crippen molar-refractivity contribution in [1.82, 2.24) is 20.3 Å². The van der Waals surface area contributed by atoms with Gasteiger partial charge in [0.2, 0.25) is 15.9 Å². The summed E-state index contributed by atoms with van der Waals surface area (Å²) in [5, 5.41) is 7.49. The fourth-order valence-electron chi connectivity index (χ4n) is 5.47. The van der Waals surface area contributed by atoms with Crippen molar-refractivity contribution in [3.63, 3.8) is 0 Å². The van der Waals surface area contributed by atoms with Crippen molar-refractivity contribution in [2.45, 2.75) is 38.0 Å². The third-order valence-corrected chi connectivity index (χ3v) is 8.77. The molecule has 3 unspecified atom stereocenters. The normalized spacial score (nSPS) is 20.4. The lowest BCUT2D eigenvalue weighted by Gasteiger charge is -2.27. The predicted molar refractivity (Wildman–Crippen MR) is 154 cm³/mol. The molecule has 0 aromatic heterocycles. The minimum absolute atomic E-state index is 0.0277. The molecule has 2 aliphatic heterocycles. The Labute approximate surface area is 232 Å². The van der Waals surface area contributed by atoms with Gasteiger partial charge < -0.3 is 15.5 Å². The summed E-state index contributed by atoms with van der Waals surface area (Å²) in [6, 6.07) is 17.6. The van der Waals surface area contributed by atoms with Crippen LogP contribution in [0.3, 0.4) is 0 Å². The van der Waals surface area contributed by atoms with Gasteiger partial charge in [-0.2, -0.15) is 0 Å². The number of amides is 2. The average Bonchev–Trinajstić information content (AvgIpc) is 3.45. The molecule has 0 saturated carbocycles. The van der Waals surface area contributed by atoms with E-state index in [4.69, 9.17) is 0 Å². The van der Waals surface area contributed by atoms with Crippen LogP contribution in [0.5, 0.6) is 0 Å². The zero-order valence-corrected chi connectivity index (χ0v) is 23.3. The molecule has 2 amide bonds. The SMILES string of the molecule is C=CS(=O)(=O)NCC1CCN(C(=O)c2ccc(C(CC3CCCNC3)C(=O)NCCc3ccccc3)cc2)C1. The number of sulfonamides is 1. The number of piperidine rings is 1. The number of carbonyl (C=O) groups excluding carboxylic acids is 2. The van der Waals surface area contributed by atoms with Gasteiger partial charge in [0.05, 0.1) is 5.92 Å². The van der Waals surface area contributed by atoms with Crippen LogP contribution in [0.15, 0.2) is 66.6 Å². The van der Waals surface area contributed by atoms with E-state index in [2.05, 4.69) is 34.1 Å². The molecular formula is C30H40N4O4S. The Bertz CT molecular complexity index is 1210. The van der Waals surface area contributed by atoms with Crippen molar-refractivity contribution in [3.05, 3.63) is 83.3 Å². The molecule has 2 aromatic rings. The third-order valence-electron chi connectivity index (χ3n) is 7.77. The Morgan fingerprint density at radius 1 is 1.08 bits per heavy atom. The van der Waals surface area contributed by atoms with Crippen molar-refractivity contribution in [2.24, 2.45) is 11.8 Å². The van der Waals surface area contributed by atoms with E-state index >= 15 is 0 Å². The number of rotatable bonds is 12. The minimum atomic E-state index is -3.47. The molecule has 39 heavy (non-hydrogen) atoms. The first-order chi connectivity index (χ1) is 18.8. The van der Waals surface area contributed by atoms with E-state index in [1.807, 2.05) is 42.5 Å². The number of benzene rings is 2. The summed E-state index contributed by atoms with van der Waals surface area (Å²) in [4.78, 5) is 28.3. The second-order valence-electron chi connectivity index (χ2n) is 10.6. The van der Waals surface area contributed by atoms with Crippen molar-refractivity contribution in [1.29, 1.82) is 0 Å². The molecule has 0 radical (unpaired) electrons. The summed E-state index contributed by atoms with van der Waals surface area (Å²) in [5.74, 6) is 0.181. The molecule has 2 aromatic carbocycles. The number of nitrogens with zero attached hydrogens (tertiary/aromatic N) is 1. The zero-order valence-electron chi connectivity index (χ0n) is 22.5. The molecule has 4 rings (SSSR count). The summed E-state index contributed by atoms with van der Waals surface area (Å²) in [5.41, 5.74) is 2.69. The van der Waals surface area contributed by atoms with Gasteiger partial charge in [-0.15, -0.1) is 0 Å². The van der Waals surface area contributed by atoms with E-state index in [0.29, 0.717) is 31.1 Å². The van der Waals surface area contributed by atoms with E-state index in [1.165, 1.54) is 5.56 Å². The first-order valence-electron chi connectivity index (χ1n) is 13.9. The molecule has 2 saturated heterocycles. The van der Waals surface area contributed by atoms with Crippen LogP contribution in [0, 0.1) is 11.8 Å². The maximum absolute atomic E-state index is 13.4. The van der Waals surface area contributed by atoms with Crippen LogP contribution in [0.4, 0.5) is 0 Å². The number of carbonyl (C=O) groups is 2. The van der Waals surface area contributed by atoms with Gasteiger partial charge in [-0.25, -0.2) is 13.1 Å². The van der Waals surface area contributed by atoms with Crippen molar-refractivity contribution in [3.8, 4) is 0 Å². The zero-order chi connectivity index (χ0) is 27.7. The Morgan fingerprint density at radius 3 is 2.54 bits per heavy atom. The van der Waals surface area contributed by atoms with E-state index in [9.17, 15) is 18.0 Å². The lowest BCUT2D eigenvalue weighted by molar-refractivity contribution is -0.123. The van der Waals surface area contributed by atoms with Gasteiger partial charge in [0.1, 0.15) is 0 Å². The summed E-state index contributed by atoms with van der Waals surface area (Å²) in [7, 11) is -3.47. The lowest BCUT2D eigenvalue weighted by atomic mass is 9.84. The first kappa shape index (κ1) is 29.0. The number of likely N-dealkylation sites (tertiary alicyclic amines) is 1. The van der Waals surface area contributed by atoms with Crippen LogP contribution >= 0.6 is 0 Å². The Hall–Kier alpha value is -3.01. The van der Waals surface area contributed by atoms with Gasteiger partial charge in [-0.3, -0.25) is 9.59 Å². The topological polar surface area (TPSA) is 108 Å². The fraction of sp³-hybridized carbons (Fsp3) is 0.467. The molecule has 0 bridgehead atoms. The highest BCUT2D eigenvalue weighted by molar-refractivity contribution is 7.92. The van der Waals surface area contributed by atoms with Gasteiger partial charge in [0, 0.05) is 37.2 Å². The lowest BCUT2D eigenvalue weighted by Crippen LogP contribution is -2.36. The number of hydrogen-bond donors (Lipinski definition) is 3. The quantitative estimate of drug-likeness (QED) is 0.375. The van der Waals surface area contributed by atoms with E-state index < -0.39 is 10.0 Å². The third kappa shape index (κ3) is 8.49. The molecule has 8 nitrogen and oxygen atoms in total. The monoisotopic (exact) mass is 552 g/mol. The van der Waals surface area contributed by atoms with Gasteiger partial charge in [-0.1, -0.05) is 49.0 Å². The maximum Gasteiger partial charge on any atom is 0.253 e. The van der Waals surface area contributed by atoms with Gasteiger partial charge in [-0.05, 0) is 80.3 Å². The Kier molecular flexibility index (Phi) is 10.3. The fourth-order valence-corrected chi connectivity index (χ4v) is 6.05. The highest BCUT2D eigenvalue weighted by Crippen LogP contribution is 2.28. The van der Waals surface area contributed by atoms with Crippen molar-refractivity contribution < 1.29 is 18.0 Å². The summed E-state index contributed by atoms with van der Waals surface area (Å²) < 4.78 is 25.8. The summed E-state index contributed by atoms with van der Waals surface area (Å²) in [6.45, 7) is 7.21. The van der Waals surface area contributed by atoms with Crippen molar-refractivity contribution >= 4 is 21.8 Å². The highest BCUT2D eigenvalue weighted by Gasteiger charge is 2.29. The second-order valence-corrected chi connectivity index (χ2v) is 12.3. The molecule has 9 heteroatoms. The average molecular weight is 553 g/mol. The molecular weight excluding hydrogens is 512 g/mol. The largest absolute Gasteiger partial charge is 0.355 e. The minimum Gasteiger partial charge on any atom is -0.355 e. The van der Waals surface area contributed by atoms with Crippen LogP contribution in [0.25, 0.3) is 0 Å². The second kappa shape index (κ2) is 13.9. The molecule has 3 N–H and O–H groups in total. The molecule has 0 aliphatic carbocycles. The first-order valence-corrected chi connectivity index (χ1v) is 15.4. The molecule has 2 fully saturated rings. The van der Waals surface area contributed by atoms with E-state index in [1.54, 1.807) is 4.90 Å². The Morgan fingerprint density at radius 2 is 1.85 bits per heavy atom. The van der Waals surface area contributed by atoms with Crippen LogP contribution in [-0.2, 0) is 21.2 Å². The highest BCUT2D eigenvalue weighted by atomic mass is 32.2. The molecule has 210 valence electrons. The number of nitrogens with one attached hydrogen (secondary N) is 3. The van der Waals surface area contributed by atoms with Crippen LogP contribution in [0.2, 0.25) is 0 Å². The van der Waals surface area contributed by atoms with Crippen LogP contribution in [0.1, 0.15) is 53.1 Å². The van der Waals surface area contributed by atoms with Crippen molar-refractivity contribution in [2.75, 3.05) is 39.3 Å². The van der Waals surface area contributed by atoms with Gasteiger partial charge >= 0.3 is 0 Å². The van der Waals surface area contributed by atoms with E-state index in [0.717, 1.165) is 56.2 Å². The predicted octanol–water partition coefficient (Wildman–Crippen LogP) is 3.04. The Balaban J connectivity index is 1.38. The smallest absolute Gasteiger partial charge is 0.253 e. The van der Waals surface area contributed by atoms with Crippen LogP contribution in [-0.4, -0.2) is 64.4 Å². The van der Waals surface area contributed by atoms with E-state index in [-0.39, 0.29) is 30.2 Å². The standard InChI is InChI=1S/C30H40N4O4S/c1-2-39(37,38)33-21-25-15-18-34(22-25)30(36)27-12-10-26(11-13-27)28(19-24-9-6-16-31-20-24)29(35)32-17-14-23-7-4-3-5-8-23/h2-5,7-8,10-13,24-25,28,31,33H,1,6,9,14-22H2,(H,32,35). The molecule has 0 spiro atoms. The maximum atomic E-state index is 13.4. The molecule has 2 aliphatic rings.